The summed E-state index contributed by atoms with van der Waals surface area (Å²) in [6, 6.07) is 7.63. The topological polar surface area (TPSA) is 82.0 Å². The Labute approximate surface area is 202 Å². The van der Waals surface area contributed by atoms with Crippen molar-refractivity contribution in [2.24, 2.45) is 5.10 Å². The van der Waals surface area contributed by atoms with Crippen LogP contribution in [0.3, 0.4) is 0 Å². The second-order valence-corrected chi connectivity index (χ2v) is 9.15. The van der Waals surface area contributed by atoms with E-state index in [4.69, 9.17) is 0 Å². The second kappa shape index (κ2) is 10.4. The molecule has 0 saturated carbocycles. The first-order valence-electron chi connectivity index (χ1n) is 10.3. The Hall–Kier alpha value is -3.18. The number of amides is 2. The summed E-state index contributed by atoms with van der Waals surface area (Å²) < 4.78 is 38.3. The molecule has 3 rings (SSSR count). The zero-order valence-electron chi connectivity index (χ0n) is 18.6. The van der Waals surface area contributed by atoms with Gasteiger partial charge in [-0.05, 0) is 50.6 Å². The number of carbonyl (C=O) groups is 2. The minimum atomic E-state index is -4.44. The summed E-state index contributed by atoms with van der Waals surface area (Å²) in [7, 11) is 0. The normalized spacial score (nSPS) is 12.0. The van der Waals surface area contributed by atoms with Gasteiger partial charge in [-0.1, -0.05) is 12.1 Å². The Morgan fingerprint density at radius 2 is 1.68 bits per heavy atom. The fourth-order valence-electron chi connectivity index (χ4n) is 3.12. The van der Waals surface area contributed by atoms with Crippen LogP contribution < -0.4 is 5.43 Å². The van der Waals surface area contributed by atoms with E-state index in [2.05, 4.69) is 10.5 Å². The van der Waals surface area contributed by atoms with E-state index in [1.807, 2.05) is 13.8 Å². The van der Waals surface area contributed by atoms with Crippen molar-refractivity contribution >= 4 is 40.2 Å². The van der Waals surface area contributed by atoms with Crippen molar-refractivity contribution in [2.45, 2.75) is 26.9 Å². The number of thiophene rings is 2. The highest BCUT2D eigenvalue weighted by molar-refractivity contribution is 7.16. The summed E-state index contributed by atoms with van der Waals surface area (Å²) >= 11 is 2.21. The molecule has 0 aliphatic heterocycles. The highest BCUT2D eigenvalue weighted by atomic mass is 32.1. The fraction of sp³-hybridized carbons (Fsp3) is 0.261. The van der Waals surface area contributed by atoms with Crippen molar-refractivity contribution in [1.29, 1.82) is 0 Å². The third-order valence-corrected chi connectivity index (χ3v) is 7.14. The fourth-order valence-corrected chi connectivity index (χ4v) is 4.99. The molecule has 0 unspecified atom stereocenters. The zero-order valence-corrected chi connectivity index (χ0v) is 20.2. The number of alkyl halides is 3. The lowest BCUT2D eigenvalue weighted by atomic mass is 10.1. The Bertz CT molecular complexity index is 1210. The summed E-state index contributed by atoms with van der Waals surface area (Å²) in [5.74, 6) is -0.781. The van der Waals surface area contributed by atoms with E-state index >= 15 is 0 Å². The number of hydrazone groups is 1. The van der Waals surface area contributed by atoms with Gasteiger partial charge in [0.05, 0.1) is 31.5 Å². The molecule has 2 amide bonds. The first kappa shape index (κ1) is 25.4. The number of hydrogen-bond acceptors (Lipinski definition) is 6. The number of benzene rings is 1. The van der Waals surface area contributed by atoms with Gasteiger partial charge >= 0.3 is 6.18 Å². The molecule has 0 spiro atoms. The maximum Gasteiger partial charge on any atom is 0.416 e. The Kier molecular flexibility index (Phi) is 7.78. The largest absolute Gasteiger partial charge is 0.506 e. The number of halogens is 3. The quantitative estimate of drug-likeness (QED) is 0.310. The highest BCUT2D eigenvalue weighted by Gasteiger charge is 2.30. The van der Waals surface area contributed by atoms with E-state index in [9.17, 15) is 27.9 Å². The van der Waals surface area contributed by atoms with E-state index in [0.29, 0.717) is 44.6 Å². The molecule has 0 radical (unpaired) electrons. The number of carbonyl (C=O) groups excluding carboxylic acids is 2. The second-order valence-electron chi connectivity index (χ2n) is 7.18. The third-order valence-electron chi connectivity index (χ3n) is 5.05. The summed E-state index contributed by atoms with van der Waals surface area (Å²) in [5, 5.41) is 16.2. The average Bonchev–Trinajstić information content (AvgIpc) is 3.45. The maximum absolute atomic E-state index is 12.8. The third kappa shape index (κ3) is 5.48. The van der Waals surface area contributed by atoms with Crippen LogP contribution in [0.5, 0.6) is 5.75 Å². The molecule has 2 heterocycles. The predicted octanol–water partition coefficient (Wildman–Crippen LogP) is 5.84. The number of aromatic hydroxyl groups is 1. The van der Waals surface area contributed by atoms with Crippen LogP contribution in [0.4, 0.5) is 13.2 Å². The molecule has 2 aromatic heterocycles. The van der Waals surface area contributed by atoms with Crippen molar-refractivity contribution in [2.75, 3.05) is 13.1 Å². The van der Waals surface area contributed by atoms with Crippen LogP contribution in [0.1, 0.15) is 51.2 Å². The van der Waals surface area contributed by atoms with E-state index in [-0.39, 0.29) is 11.7 Å². The van der Waals surface area contributed by atoms with E-state index in [0.717, 1.165) is 34.8 Å². The molecule has 6 nitrogen and oxygen atoms in total. The van der Waals surface area contributed by atoms with Gasteiger partial charge in [-0.25, -0.2) is 5.43 Å². The van der Waals surface area contributed by atoms with Crippen molar-refractivity contribution in [1.82, 2.24) is 10.3 Å². The first-order chi connectivity index (χ1) is 16.1. The minimum Gasteiger partial charge on any atom is -0.506 e. The molecule has 0 aliphatic carbocycles. The van der Waals surface area contributed by atoms with Gasteiger partial charge in [0.25, 0.3) is 11.8 Å². The van der Waals surface area contributed by atoms with Crippen molar-refractivity contribution in [3.8, 4) is 16.2 Å². The minimum absolute atomic E-state index is 0.136. The van der Waals surface area contributed by atoms with Gasteiger partial charge in [0.15, 0.2) is 0 Å². The summed E-state index contributed by atoms with van der Waals surface area (Å²) in [5.41, 5.74) is 2.74. The molecule has 34 heavy (non-hydrogen) atoms. The van der Waals surface area contributed by atoms with Crippen LogP contribution in [-0.2, 0) is 6.18 Å². The number of nitrogens with one attached hydrogen (secondary N) is 1. The Morgan fingerprint density at radius 1 is 1.06 bits per heavy atom. The van der Waals surface area contributed by atoms with Crippen LogP contribution in [0.15, 0.2) is 46.9 Å². The molecule has 0 atom stereocenters. The number of nitrogens with zero attached hydrogens (tertiary/aromatic N) is 2. The van der Waals surface area contributed by atoms with Crippen LogP contribution in [-0.4, -0.2) is 40.6 Å². The van der Waals surface area contributed by atoms with Crippen LogP contribution >= 0.6 is 22.7 Å². The molecule has 0 aliphatic rings. The van der Waals surface area contributed by atoms with Crippen molar-refractivity contribution < 1.29 is 27.9 Å². The number of rotatable bonds is 7. The van der Waals surface area contributed by atoms with Gasteiger partial charge in [-0.3, -0.25) is 9.59 Å². The summed E-state index contributed by atoms with van der Waals surface area (Å²) in [6.45, 7) is 6.47. The first-order valence-corrected chi connectivity index (χ1v) is 12.0. The van der Waals surface area contributed by atoms with Crippen LogP contribution in [0.25, 0.3) is 10.4 Å². The molecular weight excluding hydrogens is 487 g/mol. The number of hydrogen-bond donors (Lipinski definition) is 2. The Balaban J connectivity index is 1.72. The molecule has 0 bridgehead atoms. The zero-order chi connectivity index (χ0) is 25.0. The van der Waals surface area contributed by atoms with Gasteiger partial charge in [-0.15, -0.1) is 22.7 Å². The highest BCUT2D eigenvalue weighted by Crippen LogP contribution is 2.40. The molecule has 2 N–H and O–H groups in total. The molecule has 11 heteroatoms. The van der Waals surface area contributed by atoms with Crippen LogP contribution in [0, 0.1) is 0 Å². The summed E-state index contributed by atoms with van der Waals surface area (Å²) in [4.78, 5) is 27.7. The lowest BCUT2D eigenvalue weighted by Crippen LogP contribution is -2.29. The molecule has 0 saturated heterocycles. The molecule has 0 fully saturated rings. The smallest absolute Gasteiger partial charge is 0.416 e. The van der Waals surface area contributed by atoms with E-state index in [1.165, 1.54) is 12.1 Å². The van der Waals surface area contributed by atoms with Gasteiger partial charge in [0.2, 0.25) is 0 Å². The summed E-state index contributed by atoms with van der Waals surface area (Å²) in [6.07, 6.45) is -4.44. The van der Waals surface area contributed by atoms with Gasteiger partial charge < -0.3 is 10.0 Å². The van der Waals surface area contributed by atoms with E-state index in [1.54, 1.807) is 29.3 Å². The van der Waals surface area contributed by atoms with Gasteiger partial charge in [0.1, 0.15) is 5.75 Å². The van der Waals surface area contributed by atoms with E-state index < -0.39 is 17.6 Å². The SMILES string of the molecule is CCN(CC)C(=O)c1ccc(C(=O)N/N=C(\C)c2csc(-c3ccc(C(F)(F)F)cc3)c2O)s1. The lowest BCUT2D eigenvalue weighted by Gasteiger charge is -2.17. The van der Waals surface area contributed by atoms with Crippen molar-refractivity contribution in [3.63, 3.8) is 0 Å². The lowest BCUT2D eigenvalue weighted by molar-refractivity contribution is -0.137. The maximum atomic E-state index is 12.8. The van der Waals surface area contributed by atoms with Gasteiger partial charge in [0, 0.05) is 18.5 Å². The monoisotopic (exact) mass is 509 g/mol. The molecule has 3 aromatic rings. The standard InChI is InChI=1S/C23H22F3N3O3S2/c1-4-29(5-2)22(32)18-11-10-17(34-18)21(31)28-27-13(3)16-12-33-20(19(16)30)14-6-8-15(9-7-14)23(24,25)26/h6-12,30H,4-5H2,1-3H3,(H,28,31)/b27-13+. The van der Waals surface area contributed by atoms with Crippen molar-refractivity contribution in [3.05, 3.63) is 62.7 Å². The Morgan fingerprint density at radius 3 is 2.26 bits per heavy atom. The van der Waals surface area contributed by atoms with Crippen LogP contribution in [0.2, 0.25) is 0 Å². The molecule has 1 aromatic carbocycles. The molecule has 180 valence electrons. The van der Waals surface area contributed by atoms with Gasteiger partial charge in [-0.2, -0.15) is 18.3 Å². The molecular formula is C23H22F3N3O3S2. The average molecular weight is 510 g/mol. The predicted molar refractivity (Wildman–Crippen MR) is 128 cm³/mol.